The number of hydrogen-bond donors (Lipinski definition) is 1. The summed E-state index contributed by atoms with van der Waals surface area (Å²) in [5.41, 5.74) is 1.34. The number of benzene rings is 1. The van der Waals surface area contributed by atoms with Gasteiger partial charge in [0.25, 0.3) is 5.91 Å². The summed E-state index contributed by atoms with van der Waals surface area (Å²) in [6, 6.07) is 11.4. The summed E-state index contributed by atoms with van der Waals surface area (Å²) in [4.78, 5) is 17.7. The number of nitrogens with zero attached hydrogens (tertiary/aromatic N) is 1. The lowest BCUT2D eigenvalue weighted by atomic mass is 10.1. The molecule has 1 aromatic carbocycles. The minimum atomic E-state index is -0.102. The van der Waals surface area contributed by atoms with Crippen LogP contribution >= 0.6 is 27.3 Å². The molecule has 0 radical (unpaired) electrons. The van der Waals surface area contributed by atoms with E-state index in [4.69, 9.17) is 0 Å². The van der Waals surface area contributed by atoms with Gasteiger partial charge in [-0.3, -0.25) is 9.78 Å². The van der Waals surface area contributed by atoms with E-state index in [1.807, 2.05) is 35.7 Å². The van der Waals surface area contributed by atoms with Gasteiger partial charge in [0.2, 0.25) is 0 Å². The predicted molar refractivity (Wildman–Crippen MR) is 84.9 cm³/mol. The van der Waals surface area contributed by atoms with Crippen LogP contribution in [0.2, 0.25) is 0 Å². The highest BCUT2D eigenvalue weighted by Gasteiger charge is 2.11. The maximum absolute atomic E-state index is 12.3. The molecule has 0 fully saturated rings. The molecule has 2 aromatic heterocycles. The zero-order chi connectivity index (χ0) is 13.9. The molecule has 0 aliphatic carbocycles. The summed E-state index contributed by atoms with van der Waals surface area (Å²) in [7, 11) is 0. The fraction of sp³-hybridized carbons (Fsp3) is 0.0667. The Morgan fingerprint density at radius 2 is 2.10 bits per heavy atom. The fourth-order valence-electron chi connectivity index (χ4n) is 1.99. The van der Waals surface area contributed by atoms with Crippen LogP contribution in [0, 0.1) is 0 Å². The van der Waals surface area contributed by atoms with Gasteiger partial charge in [-0.05, 0) is 39.5 Å². The first-order valence-corrected chi connectivity index (χ1v) is 7.77. The van der Waals surface area contributed by atoms with E-state index in [0.29, 0.717) is 12.1 Å². The van der Waals surface area contributed by atoms with Crippen LogP contribution in [0.4, 0.5) is 0 Å². The zero-order valence-electron chi connectivity index (χ0n) is 10.5. The summed E-state index contributed by atoms with van der Waals surface area (Å²) in [6.07, 6.45) is 1.70. The van der Waals surface area contributed by atoms with E-state index in [1.54, 1.807) is 23.6 Å². The number of fused-ring (bicyclic) bond motifs is 1. The molecule has 0 atom stereocenters. The number of amides is 1. The molecule has 3 rings (SSSR count). The van der Waals surface area contributed by atoms with Crippen LogP contribution in [0.1, 0.15) is 15.2 Å². The number of thiophene rings is 1. The third-order valence-electron chi connectivity index (χ3n) is 2.98. The Labute approximate surface area is 128 Å². The molecule has 0 bridgehead atoms. The standard InChI is InChI=1S/C15H11BrN2OS/c16-12-6-8-20-13(12)9-18-15(19)11-5-1-3-10-4-2-7-17-14(10)11/h1-8H,9H2,(H,18,19). The monoisotopic (exact) mass is 346 g/mol. The van der Waals surface area contributed by atoms with E-state index in [2.05, 4.69) is 26.2 Å². The molecular weight excluding hydrogens is 336 g/mol. The van der Waals surface area contributed by atoms with Crippen LogP contribution in [0.25, 0.3) is 10.9 Å². The quantitative estimate of drug-likeness (QED) is 0.778. The number of carbonyl (C=O) groups excluding carboxylic acids is 1. The second-order valence-corrected chi connectivity index (χ2v) is 6.11. The van der Waals surface area contributed by atoms with Crippen LogP contribution in [-0.2, 0) is 6.54 Å². The Balaban J connectivity index is 1.84. The Bertz CT molecular complexity index is 764. The molecule has 100 valence electrons. The van der Waals surface area contributed by atoms with Gasteiger partial charge >= 0.3 is 0 Å². The molecule has 1 amide bonds. The van der Waals surface area contributed by atoms with Crippen LogP contribution in [-0.4, -0.2) is 10.9 Å². The second-order valence-electron chi connectivity index (χ2n) is 4.26. The molecule has 0 unspecified atom stereocenters. The van der Waals surface area contributed by atoms with Crippen molar-refractivity contribution in [2.24, 2.45) is 0 Å². The van der Waals surface area contributed by atoms with Crippen molar-refractivity contribution in [2.75, 3.05) is 0 Å². The van der Waals surface area contributed by atoms with E-state index in [9.17, 15) is 4.79 Å². The number of pyridine rings is 1. The SMILES string of the molecule is O=C(NCc1sccc1Br)c1cccc2cccnc12. The average Bonchev–Trinajstić information content (AvgIpc) is 2.89. The largest absolute Gasteiger partial charge is 0.347 e. The molecule has 3 nitrogen and oxygen atoms in total. The number of para-hydroxylation sites is 1. The van der Waals surface area contributed by atoms with E-state index in [1.165, 1.54) is 0 Å². The molecular formula is C15H11BrN2OS. The Morgan fingerprint density at radius 1 is 1.25 bits per heavy atom. The molecule has 0 saturated heterocycles. The number of carbonyl (C=O) groups is 1. The first-order valence-electron chi connectivity index (χ1n) is 6.09. The highest BCUT2D eigenvalue weighted by Crippen LogP contribution is 2.22. The maximum atomic E-state index is 12.3. The summed E-state index contributed by atoms with van der Waals surface area (Å²) >= 11 is 5.07. The van der Waals surface area contributed by atoms with Crippen molar-refractivity contribution in [3.63, 3.8) is 0 Å². The Hall–Kier alpha value is -1.72. The highest BCUT2D eigenvalue weighted by atomic mass is 79.9. The lowest BCUT2D eigenvalue weighted by molar-refractivity contribution is 0.0952. The van der Waals surface area contributed by atoms with Crippen molar-refractivity contribution in [2.45, 2.75) is 6.54 Å². The Kier molecular flexibility index (Phi) is 3.80. The van der Waals surface area contributed by atoms with Gasteiger partial charge in [0.1, 0.15) is 0 Å². The van der Waals surface area contributed by atoms with Gasteiger partial charge in [-0.1, -0.05) is 18.2 Å². The van der Waals surface area contributed by atoms with Gasteiger partial charge in [-0.2, -0.15) is 0 Å². The number of hydrogen-bond acceptors (Lipinski definition) is 3. The van der Waals surface area contributed by atoms with Gasteiger partial charge in [0.05, 0.1) is 17.6 Å². The third-order valence-corrected chi connectivity index (χ3v) is 4.90. The Morgan fingerprint density at radius 3 is 2.90 bits per heavy atom. The van der Waals surface area contributed by atoms with Crippen molar-refractivity contribution in [1.29, 1.82) is 0 Å². The van der Waals surface area contributed by atoms with Crippen molar-refractivity contribution in [3.8, 4) is 0 Å². The van der Waals surface area contributed by atoms with Crippen molar-refractivity contribution >= 4 is 44.1 Å². The second kappa shape index (κ2) is 5.73. The summed E-state index contributed by atoms with van der Waals surface area (Å²) < 4.78 is 1.03. The topological polar surface area (TPSA) is 42.0 Å². The molecule has 0 saturated carbocycles. The number of nitrogens with one attached hydrogen (secondary N) is 1. The molecule has 0 aliphatic heterocycles. The van der Waals surface area contributed by atoms with E-state index < -0.39 is 0 Å². The molecule has 20 heavy (non-hydrogen) atoms. The lowest BCUT2D eigenvalue weighted by Crippen LogP contribution is -2.22. The average molecular weight is 347 g/mol. The summed E-state index contributed by atoms with van der Waals surface area (Å²) in [6.45, 7) is 0.514. The molecule has 2 heterocycles. The first kappa shape index (κ1) is 13.3. The fourth-order valence-corrected chi connectivity index (χ4v) is 3.43. The van der Waals surface area contributed by atoms with Crippen LogP contribution in [0.3, 0.4) is 0 Å². The van der Waals surface area contributed by atoms with Gasteiger partial charge in [0.15, 0.2) is 0 Å². The van der Waals surface area contributed by atoms with Crippen LogP contribution in [0.5, 0.6) is 0 Å². The summed E-state index contributed by atoms with van der Waals surface area (Å²) in [5.74, 6) is -0.102. The van der Waals surface area contributed by atoms with Crippen LogP contribution < -0.4 is 5.32 Å². The first-order chi connectivity index (χ1) is 9.75. The van der Waals surface area contributed by atoms with Crippen molar-refractivity contribution in [3.05, 3.63) is 62.9 Å². The number of aromatic nitrogens is 1. The normalized spacial score (nSPS) is 10.7. The number of halogens is 1. The van der Waals surface area contributed by atoms with Gasteiger partial charge in [-0.15, -0.1) is 11.3 Å². The smallest absolute Gasteiger partial charge is 0.253 e. The van der Waals surface area contributed by atoms with E-state index >= 15 is 0 Å². The van der Waals surface area contributed by atoms with Crippen molar-refractivity contribution in [1.82, 2.24) is 10.3 Å². The minimum Gasteiger partial charge on any atom is -0.347 e. The van der Waals surface area contributed by atoms with Gasteiger partial charge in [0, 0.05) is 20.9 Å². The number of rotatable bonds is 3. The van der Waals surface area contributed by atoms with Gasteiger partial charge in [-0.25, -0.2) is 0 Å². The molecule has 0 spiro atoms. The summed E-state index contributed by atoms with van der Waals surface area (Å²) in [5, 5.41) is 5.90. The van der Waals surface area contributed by atoms with Crippen LogP contribution in [0.15, 0.2) is 52.4 Å². The molecule has 3 aromatic rings. The minimum absolute atomic E-state index is 0.102. The third kappa shape index (κ3) is 2.59. The highest BCUT2D eigenvalue weighted by molar-refractivity contribution is 9.10. The zero-order valence-corrected chi connectivity index (χ0v) is 12.9. The molecule has 0 aliphatic rings. The maximum Gasteiger partial charge on any atom is 0.253 e. The predicted octanol–water partition coefficient (Wildman–Crippen LogP) is 3.99. The van der Waals surface area contributed by atoms with E-state index in [-0.39, 0.29) is 5.91 Å². The lowest BCUT2D eigenvalue weighted by Gasteiger charge is -2.07. The van der Waals surface area contributed by atoms with E-state index in [0.717, 1.165) is 20.3 Å². The molecule has 1 N–H and O–H groups in total. The molecule has 5 heteroatoms. The van der Waals surface area contributed by atoms with Gasteiger partial charge < -0.3 is 5.32 Å². The van der Waals surface area contributed by atoms with Crippen molar-refractivity contribution < 1.29 is 4.79 Å².